The standard InChI is InChI=1S/C11H8N4O3/c1-18-10-4-7(2-3-9(10)11(16)17)14-15-8(5-12)6-13/h2-4,14H,1H3,(H,16,17). The van der Waals surface area contributed by atoms with Crippen LogP contribution in [0, 0.1) is 22.7 Å². The van der Waals surface area contributed by atoms with Crippen LogP contribution >= 0.6 is 0 Å². The van der Waals surface area contributed by atoms with Crippen molar-refractivity contribution in [1.29, 1.82) is 10.5 Å². The van der Waals surface area contributed by atoms with Crippen LogP contribution in [0.4, 0.5) is 5.69 Å². The third-order valence-electron chi connectivity index (χ3n) is 1.94. The monoisotopic (exact) mass is 244 g/mol. The third kappa shape index (κ3) is 2.97. The van der Waals surface area contributed by atoms with E-state index in [1.165, 1.54) is 25.3 Å². The van der Waals surface area contributed by atoms with E-state index < -0.39 is 5.97 Å². The number of methoxy groups -OCH3 is 1. The van der Waals surface area contributed by atoms with Crippen molar-refractivity contribution in [1.82, 2.24) is 0 Å². The van der Waals surface area contributed by atoms with Crippen molar-refractivity contribution in [2.75, 3.05) is 12.5 Å². The van der Waals surface area contributed by atoms with Gasteiger partial charge in [0.2, 0.25) is 5.71 Å². The Labute approximate surface area is 103 Å². The van der Waals surface area contributed by atoms with Gasteiger partial charge in [-0.15, -0.1) is 0 Å². The van der Waals surface area contributed by atoms with Gasteiger partial charge in [0.15, 0.2) is 0 Å². The predicted octanol–water partition coefficient (Wildman–Crippen LogP) is 1.21. The van der Waals surface area contributed by atoms with Crippen LogP contribution in [0.3, 0.4) is 0 Å². The Kier molecular flexibility index (Phi) is 4.24. The number of anilines is 1. The zero-order valence-electron chi connectivity index (χ0n) is 9.34. The van der Waals surface area contributed by atoms with Crippen LogP contribution in [0.5, 0.6) is 5.75 Å². The highest BCUT2D eigenvalue weighted by molar-refractivity contribution is 6.10. The number of carbonyl (C=O) groups is 1. The van der Waals surface area contributed by atoms with Gasteiger partial charge >= 0.3 is 5.97 Å². The minimum Gasteiger partial charge on any atom is -0.496 e. The van der Waals surface area contributed by atoms with E-state index in [1.54, 1.807) is 12.1 Å². The number of rotatable bonds is 4. The molecule has 2 N–H and O–H groups in total. The topological polar surface area (TPSA) is 118 Å². The van der Waals surface area contributed by atoms with Gasteiger partial charge in [-0.05, 0) is 12.1 Å². The molecule has 0 unspecified atom stereocenters. The maximum atomic E-state index is 10.8. The summed E-state index contributed by atoms with van der Waals surface area (Å²) in [4.78, 5) is 10.8. The first-order chi connectivity index (χ1) is 8.62. The number of carboxylic acid groups (broad SMARTS) is 1. The molecule has 0 saturated carbocycles. The Morgan fingerprint density at radius 1 is 1.44 bits per heavy atom. The van der Waals surface area contributed by atoms with Crippen LogP contribution in [0.2, 0.25) is 0 Å². The van der Waals surface area contributed by atoms with Gasteiger partial charge in [-0.2, -0.15) is 15.6 Å². The van der Waals surface area contributed by atoms with E-state index in [0.29, 0.717) is 5.69 Å². The smallest absolute Gasteiger partial charge is 0.339 e. The summed E-state index contributed by atoms with van der Waals surface area (Å²) >= 11 is 0. The Morgan fingerprint density at radius 3 is 2.61 bits per heavy atom. The van der Waals surface area contributed by atoms with E-state index >= 15 is 0 Å². The summed E-state index contributed by atoms with van der Waals surface area (Å²) in [6.45, 7) is 0. The second-order valence-electron chi connectivity index (χ2n) is 3.02. The highest BCUT2D eigenvalue weighted by Gasteiger charge is 2.10. The lowest BCUT2D eigenvalue weighted by Crippen LogP contribution is -2.02. The van der Waals surface area contributed by atoms with Gasteiger partial charge in [-0.1, -0.05) is 0 Å². The molecule has 0 bridgehead atoms. The van der Waals surface area contributed by atoms with Gasteiger partial charge in [-0.3, -0.25) is 5.43 Å². The molecule has 0 fully saturated rings. The zero-order chi connectivity index (χ0) is 13.5. The number of benzene rings is 1. The van der Waals surface area contributed by atoms with Gasteiger partial charge in [-0.25, -0.2) is 4.79 Å². The Hall–Kier alpha value is -3.06. The highest BCUT2D eigenvalue weighted by atomic mass is 16.5. The molecule has 0 aromatic heterocycles. The molecule has 1 rings (SSSR count). The van der Waals surface area contributed by atoms with Crippen molar-refractivity contribution in [2.24, 2.45) is 5.10 Å². The minimum atomic E-state index is -1.11. The van der Waals surface area contributed by atoms with Crippen molar-refractivity contribution in [3.63, 3.8) is 0 Å². The lowest BCUT2D eigenvalue weighted by molar-refractivity contribution is 0.0693. The Morgan fingerprint density at radius 2 is 2.11 bits per heavy atom. The quantitative estimate of drug-likeness (QED) is 0.606. The molecular weight excluding hydrogens is 236 g/mol. The highest BCUT2D eigenvalue weighted by Crippen LogP contribution is 2.23. The number of nitrogens with zero attached hydrogens (tertiary/aromatic N) is 3. The second-order valence-corrected chi connectivity index (χ2v) is 3.02. The molecule has 0 aliphatic heterocycles. The van der Waals surface area contributed by atoms with Gasteiger partial charge in [0.1, 0.15) is 23.5 Å². The van der Waals surface area contributed by atoms with E-state index in [-0.39, 0.29) is 17.0 Å². The van der Waals surface area contributed by atoms with Crippen LogP contribution in [0.15, 0.2) is 23.3 Å². The fourth-order valence-electron chi connectivity index (χ4n) is 1.13. The van der Waals surface area contributed by atoms with Crippen molar-refractivity contribution < 1.29 is 14.6 Å². The number of hydrogen-bond donors (Lipinski definition) is 2. The summed E-state index contributed by atoms with van der Waals surface area (Å²) in [5.74, 6) is -0.963. The molecule has 90 valence electrons. The number of carboxylic acids is 1. The predicted molar refractivity (Wildman–Crippen MR) is 62.2 cm³/mol. The minimum absolute atomic E-state index is 0.00724. The van der Waals surface area contributed by atoms with Gasteiger partial charge in [0.05, 0.1) is 12.8 Å². The van der Waals surface area contributed by atoms with Gasteiger partial charge < -0.3 is 9.84 Å². The van der Waals surface area contributed by atoms with E-state index in [1.807, 2.05) is 0 Å². The first kappa shape index (κ1) is 13.0. The summed E-state index contributed by atoms with van der Waals surface area (Å²) in [7, 11) is 1.34. The number of aromatic carboxylic acids is 1. The molecule has 0 atom stereocenters. The summed E-state index contributed by atoms with van der Waals surface area (Å²) in [5, 5.41) is 29.3. The van der Waals surface area contributed by atoms with Gasteiger partial charge in [0.25, 0.3) is 0 Å². The largest absolute Gasteiger partial charge is 0.496 e. The lowest BCUT2D eigenvalue weighted by Gasteiger charge is -2.07. The molecule has 7 nitrogen and oxygen atoms in total. The van der Waals surface area contributed by atoms with Crippen LogP contribution in [-0.2, 0) is 0 Å². The van der Waals surface area contributed by atoms with Crippen LogP contribution < -0.4 is 10.2 Å². The van der Waals surface area contributed by atoms with E-state index in [9.17, 15) is 4.79 Å². The van der Waals surface area contributed by atoms with Crippen LogP contribution in [-0.4, -0.2) is 23.9 Å². The van der Waals surface area contributed by atoms with E-state index in [0.717, 1.165) is 0 Å². The van der Waals surface area contributed by atoms with E-state index in [4.69, 9.17) is 20.4 Å². The molecule has 0 amide bonds. The molecule has 0 spiro atoms. The number of hydrazone groups is 1. The SMILES string of the molecule is COc1cc(NN=C(C#N)C#N)ccc1C(=O)O. The second kappa shape index (κ2) is 5.87. The first-order valence-electron chi connectivity index (χ1n) is 4.67. The van der Waals surface area contributed by atoms with Crippen molar-refractivity contribution >= 4 is 17.4 Å². The summed E-state index contributed by atoms with van der Waals surface area (Å²) in [6, 6.07) is 7.34. The Bertz CT molecular complexity index is 565. The number of nitrogens with one attached hydrogen (secondary N) is 1. The summed E-state index contributed by atoms with van der Waals surface area (Å²) in [5.41, 5.74) is 2.53. The molecular formula is C11H8N4O3. The molecule has 0 heterocycles. The average molecular weight is 244 g/mol. The first-order valence-corrected chi connectivity index (χ1v) is 4.67. The van der Waals surface area contributed by atoms with E-state index in [2.05, 4.69) is 10.5 Å². The molecule has 0 aliphatic rings. The summed E-state index contributed by atoms with van der Waals surface area (Å²) < 4.78 is 4.91. The molecule has 18 heavy (non-hydrogen) atoms. The average Bonchev–Trinajstić information content (AvgIpc) is 2.39. The van der Waals surface area contributed by atoms with Crippen LogP contribution in [0.1, 0.15) is 10.4 Å². The molecule has 1 aromatic rings. The number of hydrogen-bond acceptors (Lipinski definition) is 6. The fourth-order valence-corrected chi connectivity index (χ4v) is 1.13. The fraction of sp³-hybridized carbons (Fsp3) is 0.0909. The molecule has 0 radical (unpaired) electrons. The van der Waals surface area contributed by atoms with Crippen molar-refractivity contribution in [2.45, 2.75) is 0 Å². The maximum absolute atomic E-state index is 10.8. The van der Waals surface area contributed by atoms with Crippen molar-refractivity contribution in [3.05, 3.63) is 23.8 Å². The molecule has 0 saturated heterocycles. The van der Waals surface area contributed by atoms with Crippen LogP contribution in [0.25, 0.3) is 0 Å². The molecule has 1 aromatic carbocycles. The number of nitriles is 2. The Balaban J connectivity index is 3.01. The number of ether oxygens (including phenoxy) is 1. The third-order valence-corrected chi connectivity index (χ3v) is 1.94. The zero-order valence-corrected chi connectivity index (χ0v) is 9.34. The molecule has 7 heteroatoms. The molecule has 0 aliphatic carbocycles. The normalized spacial score (nSPS) is 8.61. The lowest BCUT2D eigenvalue weighted by atomic mass is 10.2. The van der Waals surface area contributed by atoms with Crippen molar-refractivity contribution in [3.8, 4) is 17.9 Å². The van der Waals surface area contributed by atoms with Gasteiger partial charge in [0, 0.05) is 6.07 Å². The maximum Gasteiger partial charge on any atom is 0.339 e. The summed E-state index contributed by atoms with van der Waals surface area (Å²) in [6.07, 6.45) is 0.